The Hall–Kier alpha value is -6.18. The molecule has 0 fully saturated rings. The molecule has 1 spiro atoms. The van der Waals surface area contributed by atoms with Crippen molar-refractivity contribution in [1.29, 1.82) is 0 Å². The molecule has 0 atom stereocenters. The topological polar surface area (TPSA) is 9.23 Å². The van der Waals surface area contributed by atoms with Crippen LogP contribution in [0.25, 0.3) is 66.4 Å². The molecule has 0 bridgehead atoms. The van der Waals surface area contributed by atoms with Crippen molar-refractivity contribution in [2.75, 3.05) is 0 Å². The Labute approximate surface area is 330 Å². The van der Waals surface area contributed by atoms with E-state index in [1.807, 2.05) is 0 Å². The zero-order valence-corrected chi connectivity index (χ0v) is 32.9. The lowest BCUT2D eigenvalue weighted by Gasteiger charge is -2.33. The van der Waals surface area contributed by atoms with Crippen molar-refractivity contribution in [3.63, 3.8) is 0 Å². The highest BCUT2D eigenvalue weighted by Crippen LogP contribution is 2.64. The molecule has 8 aromatic carbocycles. The second-order valence-corrected chi connectivity index (χ2v) is 18.1. The van der Waals surface area contributed by atoms with Gasteiger partial charge in [-0.25, -0.2) is 0 Å². The third kappa shape index (κ3) is 4.55. The molecule has 56 heavy (non-hydrogen) atoms. The van der Waals surface area contributed by atoms with E-state index in [0.717, 1.165) is 17.1 Å². The maximum absolute atomic E-state index is 6.68. The van der Waals surface area contributed by atoms with E-state index in [9.17, 15) is 0 Å². The van der Waals surface area contributed by atoms with Crippen LogP contribution >= 0.6 is 0 Å². The second kappa shape index (κ2) is 11.4. The molecule has 1 nitrogen and oxygen atoms in total. The Morgan fingerprint density at radius 3 is 1.61 bits per heavy atom. The van der Waals surface area contributed by atoms with Gasteiger partial charge in [0.15, 0.2) is 0 Å². The molecule has 1 heterocycles. The maximum atomic E-state index is 6.68. The molecule has 0 unspecified atom stereocenters. The van der Waals surface area contributed by atoms with Gasteiger partial charge >= 0.3 is 0 Å². The minimum atomic E-state index is -0.447. The summed E-state index contributed by atoms with van der Waals surface area (Å²) in [5.74, 6) is 1.81. The highest BCUT2D eigenvalue weighted by molar-refractivity contribution is 6.10. The average Bonchev–Trinajstić information content (AvgIpc) is 3.67. The number of hydrogen-bond donors (Lipinski definition) is 0. The molecular weight excluding hydrogens is 677 g/mol. The molecule has 270 valence electrons. The number of rotatable bonds is 2. The van der Waals surface area contributed by atoms with Crippen LogP contribution < -0.4 is 4.74 Å². The Morgan fingerprint density at radius 2 is 0.911 bits per heavy atom. The van der Waals surface area contributed by atoms with Gasteiger partial charge in [-0.3, -0.25) is 0 Å². The van der Waals surface area contributed by atoms with Crippen LogP contribution in [-0.2, 0) is 16.2 Å². The van der Waals surface area contributed by atoms with Crippen LogP contribution in [0.4, 0.5) is 0 Å². The van der Waals surface area contributed by atoms with E-state index < -0.39 is 5.41 Å². The summed E-state index contributed by atoms with van der Waals surface area (Å²) in [7, 11) is 0. The summed E-state index contributed by atoms with van der Waals surface area (Å²) < 4.78 is 6.68. The van der Waals surface area contributed by atoms with Crippen LogP contribution in [-0.4, -0.2) is 0 Å². The number of fused-ring (bicyclic) bond motifs is 12. The minimum absolute atomic E-state index is 0.0102. The standard InChI is InChI=1S/C55H44O/c1-53(2,3)36-21-24-41-42-25-22-37(54(4,5)6)32-49(42)55(48(41)31-36)46-18-11-10-15-39(46)40-23-19-35(30-47(40)55)38-26-28-51-52-43(38)16-12-17-44(52)45-29-34(20-27-50(45)56-51)33-13-8-7-9-14-33/h7-32H,1-6H3. The molecule has 0 radical (unpaired) electrons. The third-order valence-electron chi connectivity index (χ3n) is 12.8. The first-order valence-electron chi connectivity index (χ1n) is 20.0. The highest BCUT2D eigenvalue weighted by Gasteiger charge is 2.52. The SMILES string of the molecule is CC(C)(C)c1ccc2c(c1)C1(c3ccccc3-c3ccc(-c4ccc5c6c(cccc46)-c4cc(-c6ccccc6)ccc4O5)cc31)c1cc(C(C)(C)C)ccc1-2. The third-order valence-corrected chi connectivity index (χ3v) is 12.8. The highest BCUT2D eigenvalue weighted by atomic mass is 16.5. The Kier molecular flexibility index (Phi) is 6.77. The molecule has 1 aliphatic heterocycles. The molecule has 0 saturated carbocycles. The van der Waals surface area contributed by atoms with Gasteiger partial charge in [0.25, 0.3) is 0 Å². The van der Waals surface area contributed by atoms with Crippen molar-refractivity contribution in [3.8, 4) is 67.1 Å². The zero-order valence-electron chi connectivity index (χ0n) is 32.9. The van der Waals surface area contributed by atoms with Gasteiger partial charge in [0.1, 0.15) is 11.5 Å². The second-order valence-electron chi connectivity index (χ2n) is 18.1. The first-order valence-corrected chi connectivity index (χ1v) is 20.0. The lowest BCUT2D eigenvalue weighted by molar-refractivity contribution is 0.487. The van der Waals surface area contributed by atoms with Crippen molar-refractivity contribution in [1.82, 2.24) is 0 Å². The van der Waals surface area contributed by atoms with Gasteiger partial charge in [0, 0.05) is 10.9 Å². The predicted octanol–water partition coefficient (Wildman–Crippen LogP) is 14.9. The average molecular weight is 721 g/mol. The van der Waals surface area contributed by atoms with Gasteiger partial charge in [-0.15, -0.1) is 0 Å². The molecule has 8 aromatic rings. The van der Waals surface area contributed by atoms with Crippen molar-refractivity contribution >= 4 is 10.8 Å². The monoisotopic (exact) mass is 720 g/mol. The smallest absolute Gasteiger partial charge is 0.135 e. The Morgan fingerprint density at radius 1 is 0.357 bits per heavy atom. The number of hydrogen-bond acceptors (Lipinski definition) is 1. The first kappa shape index (κ1) is 33.2. The molecule has 0 amide bonds. The molecule has 0 aromatic heterocycles. The summed E-state index contributed by atoms with van der Waals surface area (Å²) in [6.07, 6.45) is 0. The van der Waals surface area contributed by atoms with E-state index in [4.69, 9.17) is 4.74 Å². The lowest BCUT2D eigenvalue weighted by Crippen LogP contribution is -2.27. The van der Waals surface area contributed by atoms with Crippen LogP contribution in [0.2, 0.25) is 0 Å². The fraction of sp³-hybridized carbons (Fsp3) is 0.164. The largest absolute Gasteiger partial charge is 0.456 e. The molecule has 0 N–H and O–H groups in total. The van der Waals surface area contributed by atoms with E-state index in [1.54, 1.807) is 0 Å². The van der Waals surface area contributed by atoms with E-state index in [0.29, 0.717) is 0 Å². The Bertz CT molecular complexity index is 2880. The van der Waals surface area contributed by atoms with Gasteiger partial charge in [-0.2, -0.15) is 0 Å². The molecule has 11 rings (SSSR count). The van der Waals surface area contributed by atoms with E-state index >= 15 is 0 Å². The van der Waals surface area contributed by atoms with Gasteiger partial charge in [0.2, 0.25) is 0 Å². The normalized spacial score (nSPS) is 14.2. The maximum Gasteiger partial charge on any atom is 0.135 e. The van der Waals surface area contributed by atoms with Crippen LogP contribution in [0.1, 0.15) is 74.9 Å². The van der Waals surface area contributed by atoms with Crippen molar-refractivity contribution in [3.05, 3.63) is 191 Å². The van der Waals surface area contributed by atoms with Crippen molar-refractivity contribution < 1.29 is 4.74 Å². The van der Waals surface area contributed by atoms with Gasteiger partial charge in [0.05, 0.1) is 5.41 Å². The molecule has 1 heteroatoms. The zero-order chi connectivity index (χ0) is 38.1. The minimum Gasteiger partial charge on any atom is -0.456 e. The van der Waals surface area contributed by atoms with Crippen LogP contribution in [0, 0.1) is 0 Å². The van der Waals surface area contributed by atoms with Crippen molar-refractivity contribution in [2.24, 2.45) is 0 Å². The predicted molar refractivity (Wildman–Crippen MR) is 234 cm³/mol. The van der Waals surface area contributed by atoms with Crippen LogP contribution in [0.3, 0.4) is 0 Å². The summed E-state index contributed by atoms with van der Waals surface area (Å²) in [5.41, 5.74) is 20.3. The fourth-order valence-corrected chi connectivity index (χ4v) is 9.98. The van der Waals surface area contributed by atoms with E-state index in [1.165, 1.54) is 94.2 Å². The lowest BCUT2D eigenvalue weighted by atomic mass is 9.68. The van der Waals surface area contributed by atoms with Crippen molar-refractivity contribution in [2.45, 2.75) is 57.8 Å². The summed E-state index contributed by atoms with van der Waals surface area (Å²) in [4.78, 5) is 0. The molecule has 2 aliphatic carbocycles. The quantitative estimate of drug-likeness (QED) is 0.173. The molecule has 0 saturated heterocycles. The Balaban J connectivity index is 1.17. The van der Waals surface area contributed by atoms with Gasteiger partial charge in [-0.1, -0.05) is 175 Å². The van der Waals surface area contributed by atoms with Crippen LogP contribution in [0.15, 0.2) is 158 Å². The van der Waals surface area contributed by atoms with Crippen LogP contribution in [0.5, 0.6) is 11.5 Å². The number of benzene rings is 8. The first-order chi connectivity index (χ1) is 27.0. The van der Waals surface area contributed by atoms with Gasteiger partial charge < -0.3 is 4.74 Å². The van der Waals surface area contributed by atoms with Gasteiger partial charge in [-0.05, 0) is 124 Å². The summed E-state index contributed by atoms with van der Waals surface area (Å²) in [6.45, 7) is 14.0. The van der Waals surface area contributed by atoms with E-state index in [-0.39, 0.29) is 10.8 Å². The van der Waals surface area contributed by atoms with E-state index in [2.05, 4.69) is 199 Å². The summed E-state index contributed by atoms with van der Waals surface area (Å²) in [6, 6.07) is 59.4. The molecule has 3 aliphatic rings. The molecular formula is C55H44O. The summed E-state index contributed by atoms with van der Waals surface area (Å²) >= 11 is 0. The summed E-state index contributed by atoms with van der Waals surface area (Å²) in [5, 5.41) is 2.37. The fourth-order valence-electron chi connectivity index (χ4n) is 9.98. The number of ether oxygens (including phenoxy) is 1.